The van der Waals surface area contributed by atoms with Gasteiger partial charge in [0.05, 0.1) is 18.1 Å². The van der Waals surface area contributed by atoms with Gasteiger partial charge in [0.1, 0.15) is 11.7 Å². The molecule has 1 fully saturated rings. The Labute approximate surface area is 155 Å². The average Bonchev–Trinajstić information content (AvgIpc) is 3.07. The maximum absolute atomic E-state index is 12.8. The predicted octanol–water partition coefficient (Wildman–Crippen LogP) is 1.10. The van der Waals surface area contributed by atoms with Crippen LogP contribution in [0.15, 0.2) is 47.3 Å². The van der Waals surface area contributed by atoms with Gasteiger partial charge in [0.15, 0.2) is 5.65 Å². The number of rotatable bonds is 3. The highest BCUT2D eigenvalue weighted by atomic mass is 16.2. The molecular weight excluding hydrogens is 344 g/mol. The Kier molecular flexibility index (Phi) is 4.44. The molecular formula is C19H18N6O2. The van der Waals surface area contributed by atoms with Gasteiger partial charge in [-0.1, -0.05) is 30.3 Å². The van der Waals surface area contributed by atoms with Gasteiger partial charge in [0.25, 0.3) is 5.91 Å². The fraction of sp³-hybridized carbons (Fsp3) is 0.263. The predicted molar refractivity (Wildman–Crippen MR) is 98.9 cm³/mol. The zero-order valence-electron chi connectivity index (χ0n) is 14.6. The van der Waals surface area contributed by atoms with Crippen LogP contribution in [0, 0.1) is 11.3 Å². The number of carbonyl (C=O) groups is 1. The summed E-state index contributed by atoms with van der Waals surface area (Å²) in [4.78, 5) is 37.3. The second-order valence-electron chi connectivity index (χ2n) is 6.52. The molecule has 2 N–H and O–H groups in total. The molecule has 8 heteroatoms. The number of aromatic nitrogens is 3. The van der Waals surface area contributed by atoms with E-state index in [4.69, 9.17) is 0 Å². The van der Waals surface area contributed by atoms with E-state index in [1.54, 1.807) is 17.0 Å². The molecule has 1 unspecified atom stereocenters. The topological polar surface area (TPSA) is 109 Å². The fourth-order valence-electron chi connectivity index (χ4n) is 3.33. The number of piperazine rings is 1. The molecule has 27 heavy (non-hydrogen) atoms. The average molecular weight is 362 g/mol. The van der Waals surface area contributed by atoms with Crippen LogP contribution in [0.4, 0.5) is 0 Å². The quantitative estimate of drug-likeness (QED) is 0.725. The van der Waals surface area contributed by atoms with Crippen LogP contribution in [0.5, 0.6) is 0 Å². The van der Waals surface area contributed by atoms with Crippen LogP contribution in [0.3, 0.4) is 0 Å². The molecule has 4 rings (SSSR count). The van der Waals surface area contributed by atoms with E-state index in [9.17, 15) is 14.9 Å². The minimum absolute atomic E-state index is 0.237. The number of nitriles is 1. The Morgan fingerprint density at radius 3 is 2.78 bits per heavy atom. The van der Waals surface area contributed by atoms with Gasteiger partial charge in [0, 0.05) is 19.6 Å². The third-order valence-electron chi connectivity index (χ3n) is 4.75. The lowest BCUT2D eigenvalue weighted by Crippen LogP contribution is -2.53. The molecule has 1 aromatic carbocycles. The van der Waals surface area contributed by atoms with Crippen molar-refractivity contribution in [3.63, 3.8) is 0 Å². The lowest BCUT2D eigenvalue weighted by atomic mass is 10.1. The first-order valence-corrected chi connectivity index (χ1v) is 8.70. The molecule has 2 aromatic heterocycles. The van der Waals surface area contributed by atoms with Crippen LogP contribution in [-0.2, 0) is 6.54 Å². The van der Waals surface area contributed by atoms with Gasteiger partial charge in [-0.2, -0.15) is 5.26 Å². The van der Waals surface area contributed by atoms with Gasteiger partial charge in [-0.15, -0.1) is 0 Å². The highest BCUT2D eigenvalue weighted by molar-refractivity contribution is 5.94. The number of pyridine rings is 1. The molecule has 1 atom stereocenters. The fourth-order valence-corrected chi connectivity index (χ4v) is 3.33. The van der Waals surface area contributed by atoms with Crippen LogP contribution in [0.25, 0.3) is 11.2 Å². The first-order chi connectivity index (χ1) is 13.1. The third kappa shape index (κ3) is 3.45. The van der Waals surface area contributed by atoms with E-state index in [1.807, 2.05) is 30.3 Å². The smallest absolute Gasteiger partial charge is 0.325 e. The minimum atomic E-state index is -0.376. The molecule has 3 heterocycles. The summed E-state index contributed by atoms with van der Waals surface area (Å²) >= 11 is 0. The van der Waals surface area contributed by atoms with Crippen molar-refractivity contribution in [3.8, 4) is 6.07 Å². The van der Waals surface area contributed by atoms with E-state index < -0.39 is 0 Å². The Morgan fingerprint density at radius 2 is 2.00 bits per heavy atom. The van der Waals surface area contributed by atoms with Crippen LogP contribution in [0.2, 0.25) is 0 Å². The monoisotopic (exact) mass is 362 g/mol. The van der Waals surface area contributed by atoms with E-state index >= 15 is 0 Å². The van der Waals surface area contributed by atoms with Crippen molar-refractivity contribution >= 4 is 17.1 Å². The van der Waals surface area contributed by atoms with Crippen molar-refractivity contribution in [2.45, 2.75) is 12.6 Å². The molecule has 3 aromatic rings. The molecule has 0 saturated carbocycles. The van der Waals surface area contributed by atoms with Gasteiger partial charge >= 0.3 is 5.69 Å². The summed E-state index contributed by atoms with van der Waals surface area (Å²) in [5, 5.41) is 9.56. The summed E-state index contributed by atoms with van der Waals surface area (Å²) in [6, 6.07) is 15.1. The van der Waals surface area contributed by atoms with Gasteiger partial charge in [-0.3, -0.25) is 14.7 Å². The molecule has 1 aliphatic rings. The first-order valence-electron chi connectivity index (χ1n) is 8.70. The number of benzene rings is 1. The summed E-state index contributed by atoms with van der Waals surface area (Å²) < 4.78 is 0. The van der Waals surface area contributed by atoms with Crippen molar-refractivity contribution in [2.24, 2.45) is 0 Å². The Balaban J connectivity index is 1.49. The third-order valence-corrected chi connectivity index (χ3v) is 4.75. The molecule has 0 aliphatic carbocycles. The summed E-state index contributed by atoms with van der Waals surface area (Å²) in [6.45, 7) is 2.14. The molecule has 8 nitrogen and oxygen atoms in total. The largest absolute Gasteiger partial charge is 0.333 e. The number of amides is 1. The normalized spacial score (nSPS) is 17.7. The van der Waals surface area contributed by atoms with Crippen molar-refractivity contribution in [1.82, 2.24) is 24.8 Å². The molecule has 0 radical (unpaired) electrons. The molecule has 136 valence electrons. The van der Waals surface area contributed by atoms with Crippen LogP contribution < -0.4 is 5.69 Å². The Morgan fingerprint density at radius 1 is 1.19 bits per heavy atom. The second kappa shape index (κ2) is 7.05. The van der Waals surface area contributed by atoms with Gasteiger partial charge in [-0.25, -0.2) is 9.78 Å². The number of H-pyrrole nitrogens is 2. The number of fused-ring (bicyclic) bond motifs is 1. The van der Waals surface area contributed by atoms with E-state index in [0.717, 1.165) is 5.56 Å². The molecule has 0 bridgehead atoms. The van der Waals surface area contributed by atoms with Crippen molar-refractivity contribution in [1.29, 1.82) is 5.26 Å². The van der Waals surface area contributed by atoms with Crippen LogP contribution in [0.1, 0.15) is 16.1 Å². The van der Waals surface area contributed by atoms with Gasteiger partial charge in [0.2, 0.25) is 0 Å². The number of imidazole rings is 1. The van der Waals surface area contributed by atoms with Crippen LogP contribution >= 0.6 is 0 Å². The van der Waals surface area contributed by atoms with Crippen molar-refractivity contribution < 1.29 is 4.79 Å². The van der Waals surface area contributed by atoms with E-state index in [0.29, 0.717) is 37.3 Å². The summed E-state index contributed by atoms with van der Waals surface area (Å²) in [7, 11) is 0. The lowest BCUT2D eigenvalue weighted by Gasteiger charge is -2.38. The lowest BCUT2D eigenvalue weighted by molar-refractivity contribution is 0.0547. The van der Waals surface area contributed by atoms with Crippen molar-refractivity contribution in [3.05, 3.63) is 64.2 Å². The van der Waals surface area contributed by atoms with Gasteiger partial charge < -0.3 is 9.88 Å². The Hall–Kier alpha value is -3.44. The number of carbonyl (C=O) groups excluding carboxylic acids is 1. The minimum Gasteiger partial charge on any atom is -0.333 e. The molecule has 1 amide bonds. The van der Waals surface area contributed by atoms with Crippen LogP contribution in [-0.4, -0.2) is 56.3 Å². The number of hydrogen-bond donors (Lipinski definition) is 2. The molecule has 1 saturated heterocycles. The van der Waals surface area contributed by atoms with Gasteiger partial charge in [-0.05, 0) is 17.7 Å². The highest BCUT2D eigenvalue weighted by Crippen LogP contribution is 2.16. The second-order valence-corrected chi connectivity index (χ2v) is 6.52. The van der Waals surface area contributed by atoms with E-state index in [-0.39, 0.29) is 23.3 Å². The summed E-state index contributed by atoms with van der Waals surface area (Å²) in [5.41, 5.74) is 1.94. The molecule has 0 spiro atoms. The number of nitrogens with zero attached hydrogens (tertiary/aromatic N) is 4. The SMILES string of the molecule is N#CC1CN(C(=O)c2ccc3[nH]c(=O)[nH]c3n2)CCN1Cc1ccccc1. The summed E-state index contributed by atoms with van der Waals surface area (Å²) in [6.07, 6.45) is 0. The number of nitrogens with one attached hydrogen (secondary N) is 2. The maximum Gasteiger partial charge on any atom is 0.325 e. The standard InChI is InChI=1S/C19H18N6O2/c20-10-14-12-25(9-8-24(14)11-13-4-2-1-3-5-13)18(26)16-7-6-15-17(21-16)23-19(27)22-15/h1-7,14H,8-9,11-12H2,(H2,21,22,23,27). The zero-order valence-corrected chi connectivity index (χ0v) is 14.6. The van der Waals surface area contributed by atoms with E-state index in [1.165, 1.54) is 0 Å². The summed E-state index contributed by atoms with van der Waals surface area (Å²) in [5.74, 6) is -0.237. The Bertz CT molecular complexity index is 1060. The number of aromatic amines is 2. The zero-order chi connectivity index (χ0) is 18.8. The highest BCUT2D eigenvalue weighted by Gasteiger charge is 2.30. The molecule has 1 aliphatic heterocycles. The number of hydrogen-bond acceptors (Lipinski definition) is 5. The first kappa shape index (κ1) is 17.0. The van der Waals surface area contributed by atoms with E-state index in [2.05, 4.69) is 25.9 Å². The van der Waals surface area contributed by atoms with Crippen molar-refractivity contribution in [2.75, 3.05) is 19.6 Å². The maximum atomic E-state index is 12.8.